The second-order valence-electron chi connectivity index (χ2n) is 6.97. The molecular formula is C22H19BrN2O6S. The van der Waals surface area contributed by atoms with E-state index < -0.39 is 27.0 Å². The molecule has 10 heteroatoms. The molecule has 0 saturated carbocycles. The number of hydrogen-bond donors (Lipinski definition) is 1. The number of nitrogens with zero attached hydrogens (tertiary/aromatic N) is 1. The fourth-order valence-corrected chi connectivity index (χ4v) is 4.54. The topological polar surface area (TPSA) is 116 Å². The Kier molecular flexibility index (Phi) is 7.39. The third-order valence-corrected chi connectivity index (χ3v) is 6.51. The molecule has 0 saturated heterocycles. The van der Waals surface area contributed by atoms with E-state index in [1.807, 2.05) is 6.92 Å². The van der Waals surface area contributed by atoms with Crippen LogP contribution in [-0.4, -0.2) is 19.3 Å². The molecule has 3 aromatic rings. The van der Waals surface area contributed by atoms with Gasteiger partial charge in [-0.3, -0.25) is 14.9 Å². The quantitative estimate of drug-likeness (QED) is 0.200. The maximum atomic E-state index is 12.9. The van der Waals surface area contributed by atoms with Crippen LogP contribution in [0.5, 0.6) is 5.75 Å². The second-order valence-corrected chi connectivity index (χ2v) is 9.60. The van der Waals surface area contributed by atoms with Crippen LogP contribution in [0, 0.1) is 17.0 Å². The molecule has 0 aromatic heterocycles. The molecule has 0 radical (unpaired) electrons. The Morgan fingerprint density at radius 1 is 1.09 bits per heavy atom. The highest BCUT2D eigenvalue weighted by Crippen LogP contribution is 2.25. The van der Waals surface area contributed by atoms with Crippen LogP contribution in [0.1, 0.15) is 23.6 Å². The highest BCUT2D eigenvalue weighted by atomic mass is 79.9. The van der Waals surface area contributed by atoms with Crippen molar-refractivity contribution in [1.29, 1.82) is 0 Å². The van der Waals surface area contributed by atoms with Crippen LogP contribution < -0.4 is 9.46 Å². The molecule has 0 aliphatic rings. The van der Waals surface area contributed by atoms with E-state index in [0.29, 0.717) is 5.56 Å². The Labute approximate surface area is 193 Å². The van der Waals surface area contributed by atoms with Gasteiger partial charge in [-0.25, -0.2) is 13.1 Å². The Morgan fingerprint density at radius 2 is 1.75 bits per heavy atom. The summed E-state index contributed by atoms with van der Waals surface area (Å²) in [5, 5.41) is 10.8. The lowest BCUT2D eigenvalue weighted by Gasteiger charge is -2.19. The zero-order valence-electron chi connectivity index (χ0n) is 16.9. The van der Waals surface area contributed by atoms with Crippen LogP contribution in [0.25, 0.3) is 0 Å². The molecule has 0 amide bonds. The SMILES string of the molecule is Cc1ccc(S(=O)(=O)N[C@@H](CC(=O)Oc2ccc([N+](=O)[O-])cc2)c2cccc(Br)c2)cc1. The number of carbonyl (C=O) groups is 1. The summed E-state index contributed by atoms with van der Waals surface area (Å²) in [5.41, 5.74) is 1.34. The van der Waals surface area contributed by atoms with Gasteiger partial charge in [-0.1, -0.05) is 45.8 Å². The molecule has 0 aliphatic heterocycles. The first-order valence-corrected chi connectivity index (χ1v) is 11.7. The minimum absolute atomic E-state index is 0.0758. The summed E-state index contributed by atoms with van der Waals surface area (Å²) < 4.78 is 34.4. The lowest BCUT2D eigenvalue weighted by molar-refractivity contribution is -0.384. The lowest BCUT2D eigenvalue weighted by atomic mass is 10.1. The van der Waals surface area contributed by atoms with E-state index >= 15 is 0 Å². The van der Waals surface area contributed by atoms with Crippen LogP contribution in [0.3, 0.4) is 0 Å². The van der Waals surface area contributed by atoms with Gasteiger partial charge in [-0.15, -0.1) is 0 Å². The Morgan fingerprint density at radius 3 is 2.34 bits per heavy atom. The van der Waals surface area contributed by atoms with Crippen molar-refractivity contribution < 1.29 is 22.9 Å². The summed E-state index contributed by atoms with van der Waals surface area (Å²) in [6.07, 6.45) is -0.293. The molecule has 0 fully saturated rings. The van der Waals surface area contributed by atoms with Crippen molar-refractivity contribution in [2.45, 2.75) is 24.3 Å². The molecule has 0 aliphatic carbocycles. The van der Waals surface area contributed by atoms with Crippen LogP contribution in [-0.2, 0) is 14.8 Å². The summed E-state index contributed by atoms with van der Waals surface area (Å²) in [5.74, 6) is -0.578. The molecule has 8 nitrogen and oxygen atoms in total. The number of hydrogen-bond acceptors (Lipinski definition) is 6. The molecule has 3 aromatic carbocycles. The molecule has 1 N–H and O–H groups in total. The number of sulfonamides is 1. The van der Waals surface area contributed by atoms with Gasteiger partial charge < -0.3 is 4.74 Å². The summed E-state index contributed by atoms with van der Waals surface area (Å²) in [4.78, 5) is 22.8. The maximum absolute atomic E-state index is 12.9. The molecule has 32 heavy (non-hydrogen) atoms. The van der Waals surface area contributed by atoms with Crippen molar-refractivity contribution in [2.24, 2.45) is 0 Å². The van der Waals surface area contributed by atoms with Crippen molar-refractivity contribution in [3.05, 3.63) is 98.5 Å². The fraction of sp³-hybridized carbons (Fsp3) is 0.136. The van der Waals surface area contributed by atoms with Gasteiger partial charge >= 0.3 is 5.97 Å². The van der Waals surface area contributed by atoms with E-state index in [-0.39, 0.29) is 22.8 Å². The normalized spacial score (nSPS) is 12.2. The van der Waals surface area contributed by atoms with E-state index in [9.17, 15) is 23.3 Å². The summed E-state index contributed by atoms with van der Waals surface area (Å²) >= 11 is 3.35. The molecule has 0 heterocycles. The molecular weight excluding hydrogens is 500 g/mol. The van der Waals surface area contributed by atoms with Gasteiger partial charge in [0.1, 0.15) is 5.75 Å². The second kappa shape index (κ2) is 10.0. The predicted octanol–water partition coefficient (Wildman–Crippen LogP) is 4.68. The van der Waals surface area contributed by atoms with Gasteiger partial charge in [0, 0.05) is 16.6 Å². The van der Waals surface area contributed by atoms with Gasteiger partial charge in [-0.05, 0) is 48.9 Å². The van der Waals surface area contributed by atoms with Gasteiger partial charge in [0.25, 0.3) is 5.69 Å². The average Bonchev–Trinajstić information content (AvgIpc) is 2.74. The van der Waals surface area contributed by atoms with E-state index in [2.05, 4.69) is 20.7 Å². The van der Waals surface area contributed by atoms with Crippen LogP contribution in [0.15, 0.2) is 82.2 Å². The summed E-state index contributed by atoms with van der Waals surface area (Å²) in [7, 11) is -3.92. The number of carbonyl (C=O) groups excluding carboxylic acids is 1. The maximum Gasteiger partial charge on any atom is 0.313 e. The minimum Gasteiger partial charge on any atom is -0.426 e. The molecule has 3 rings (SSSR count). The monoisotopic (exact) mass is 518 g/mol. The first-order valence-electron chi connectivity index (χ1n) is 9.43. The zero-order valence-corrected chi connectivity index (χ0v) is 19.3. The smallest absolute Gasteiger partial charge is 0.313 e. The molecule has 1 atom stereocenters. The van der Waals surface area contributed by atoms with Crippen molar-refractivity contribution in [3.63, 3.8) is 0 Å². The molecule has 166 valence electrons. The van der Waals surface area contributed by atoms with Crippen LogP contribution in [0.2, 0.25) is 0 Å². The molecule has 0 spiro atoms. The van der Waals surface area contributed by atoms with Gasteiger partial charge in [-0.2, -0.15) is 0 Å². The zero-order chi connectivity index (χ0) is 23.3. The average molecular weight is 519 g/mol. The number of nitro groups is 1. The predicted molar refractivity (Wildman–Crippen MR) is 122 cm³/mol. The van der Waals surface area contributed by atoms with E-state index in [1.165, 1.54) is 36.4 Å². The van der Waals surface area contributed by atoms with E-state index in [4.69, 9.17) is 4.74 Å². The number of esters is 1. The highest BCUT2D eigenvalue weighted by molar-refractivity contribution is 9.10. The van der Waals surface area contributed by atoms with E-state index in [0.717, 1.165) is 10.0 Å². The third-order valence-electron chi connectivity index (χ3n) is 4.53. The van der Waals surface area contributed by atoms with Gasteiger partial charge in [0.05, 0.1) is 22.3 Å². The molecule has 0 bridgehead atoms. The first-order chi connectivity index (χ1) is 15.1. The number of halogens is 1. The van der Waals surface area contributed by atoms with Crippen molar-refractivity contribution in [1.82, 2.24) is 4.72 Å². The van der Waals surface area contributed by atoms with Gasteiger partial charge in [0.2, 0.25) is 10.0 Å². The highest BCUT2D eigenvalue weighted by Gasteiger charge is 2.25. The number of rotatable bonds is 8. The van der Waals surface area contributed by atoms with Crippen molar-refractivity contribution in [3.8, 4) is 5.75 Å². The number of aryl methyl sites for hydroxylation is 1. The van der Waals surface area contributed by atoms with Gasteiger partial charge in [0.15, 0.2) is 0 Å². The van der Waals surface area contributed by atoms with E-state index in [1.54, 1.807) is 36.4 Å². The minimum atomic E-state index is -3.92. The molecule has 0 unspecified atom stereocenters. The Hall–Kier alpha value is -3.08. The fourth-order valence-electron chi connectivity index (χ4n) is 2.90. The Bertz CT molecular complexity index is 1230. The lowest BCUT2D eigenvalue weighted by Crippen LogP contribution is -2.31. The largest absolute Gasteiger partial charge is 0.426 e. The summed E-state index contributed by atoms with van der Waals surface area (Å²) in [6, 6.07) is 17.4. The number of benzene rings is 3. The van der Waals surface area contributed by atoms with Crippen molar-refractivity contribution in [2.75, 3.05) is 0 Å². The summed E-state index contributed by atoms with van der Waals surface area (Å²) in [6.45, 7) is 1.85. The first kappa shape index (κ1) is 23.6. The number of nitro benzene ring substituents is 1. The standard InChI is InChI=1S/C22H19BrN2O6S/c1-15-5-11-20(12-6-15)32(29,30)24-21(16-3-2-4-17(23)13-16)14-22(26)31-19-9-7-18(8-10-19)25(27)28/h2-13,21,24H,14H2,1H3/t21-/m0/s1. The van der Waals surface area contributed by atoms with Crippen LogP contribution >= 0.6 is 15.9 Å². The third kappa shape index (κ3) is 6.22. The Balaban J connectivity index is 1.82. The number of nitrogens with one attached hydrogen (secondary N) is 1. The van der Waals surface area contributed by atoms with Crippen LogP contribution in [0.4, 0.5) is 5.69 Å². The number of non-ortho nitro benzene ring substituents is 1. The van der Waals surface area contributed by atoms with Crippen molar-refractivity contribution >= 4 is 37.6 Å². The number of ether oxygens (including phenoxy) is 1.